The molecule has 1 N–H and O–H groups in total. The quantitative estimate of drug-likeness (QED) is 0.265. The van der Waals surface area contributed by atoms with Crippen LogP contribution in [-0.4, -0.2) is 21.7 Å². The Morgan fingerprint density at radius 1 is 0.758 bits per heavy atom. The van der Waals surface area contributed by atoms with Crippen LogP contribution < -0.4 is 4.74 Å². The molecule has 1 unspecified atom stereocenters. The zero-order valence-electron chi connectivity index (χ0n) is 20.2. The molecule has 4 heteroatoms. The summed E-state index contributed by atoms with van der Waals surface area (Å²) in [6.45, 7) is 5.03. The predicted molar refractivity (Wildman–Crippen MR) is 135 cm³/mol. The van der Waals surface area contributed by atoms with E-state index < -0.39 is 6.10 Å². The van der Waals surface area contributed by atoms with Crippen molar-refractivity contribution in [3.05, 3.63) is 77.6 Å². The van der Waals surface area contributed by atoms with Crippen molar-refractivity contribution in [1.82, 2.24) is 9.97 Å². The van der Waals surface area contributed by atoms with Gasteiger partial charge in [0, 0.05) is 18.8 Å². The molecule has 0 radical (unpaired) electrons. The van der Waals surface area contributed by atoms with Crippen LogP contribution in [0.15, 0.2) is 60.9 Å². The van der Waals surface area contributed by atoms with Crippen LogP contribution >= 0.6 is 0 Å². The lowest BCUT2D eigenvalue weighted by Crippen LogP contribution is -2.03. The van der Waals surface area contributed by atoms with Crippen molar-refractivity contribution in [2.45, 2.75) is 77.7 Å². The summed E-state index contributed by atoms with van der Waals surface area (Å²) in [6, 6.07) is 15.8. The molecule has 3 rings (SSSR count). The van der Waals surface area contributed by atoms with E-state index in [1.807, 2.05) is 67.8 Å². The van der Waals surface area contributed by atoms with Gasteiger partial charge in [-0.3, -0.25) is 9.97 Å². The van der Waals surface area contributed by atoms with E-state index in [4.69, 9.17) is 4.74 Å². The Labute approximate surface area is 199 Å². The number of aryl methyl sites for hydroxylation is 1. The van der Waals surface area contributed by atoms with Gasteiger partial charge in [-0.05, 0) is 54.3 Å². The van der Waals surface area contributed by atoms with Gasteiger partial charge in [0.25, 0.3) is 0 Å². The fourth-order valence-corrected chi connectivity index (χ4v) is 3.87. The molecule has 4 nitrogen and oxygen atoms in total. The highest BCUT2D eigenvalue weighted by atomic mass is 16.5. The second-order valence-electron chi connectivity index (χ2n) is 8.88. The molecular weight excluding hydrogens is 408 g/mol. The van der Waals surface area contributed by atoms with E-state index in [1.165, 1.54) is 44.9 Å². The number of rotatable bonds is 14. The Morgan fingerprint density at radius 2 is 1.39 bits per heavy atom. The molecule has 2 aromatic heterocycles. The normalized spacial score (nSPS) is 12.0. The average molecular weight is 447 g/mol. The third-order valence-electron chi connectivity index (χ3n) is 5.96. The summed E-state index contributed by atoms with van der Waals surface area (Å²) in [5.41, 5.74) is 4.71. The fraction of sp³-hybridized carbons (Fsp3) is 0.448. The second kappa shape index (κ2) is 13.7. The van der Waals surface area contributed by atoms with E-state index >= 15 is 0 Å². The zero-order valence-corrected chi connectivity index (χ0v) is 20.2. The van der Waals surface area contributed by atoms with Crippen molar-refractivity contribution >= 4 is 0 Å². The Morgan fingerprint density at radius 3 is 2.00 bits per heavy atom. The molecule has 1 aromatic carbocycles. The SMILES string of the molecule is CCCCCCCCCCOc1ccc(C(O)Cc2ccc(-c3ccc(C)cn3)nc2)cc1. The van der Waals surface area contributed by atoms with Crippen LogP contribution in [-0.2, 0) is 6.42 Å². The highest BCUT2D eigenvalue weighted by Gasteiger charge is 2.10. The molecule has 0 fully saturated rings. The van der Waals surface area contributed by atoms with Gasteiger partial charge < -0.3 is 9.84 Å². The topological polar surface area (TPSA) is 55.2 Å². The van der Waals surface area contributed by atoms with Crippen molar-refractivity contribution < 1.29 is 9.84 Å². The van der Waals surface area contributed by atoms with Crippen LogP contribution in [0, 0.1) is 6.92 Å². The number of ether oxygens (including phenoxy) is 1. The van der Waals surface area contributed by atoms with Gasteiger partial charge in [0.15, 0.2) is 0 Å². The first-order valence-electron chi connectivity index (χ1n) is 12.4. The average Bonchev–Trinajstić information content (AvgIpc) is 2.84. The summed E-state index contributed by atoms with van der Waals surface area (Å²) >= 11 is 0. The van der Waals surface area contributed by atoms with Crippen molar-refractivity contribution in [2.24, 2.45) is 0 Å². The summed E-state index contributed by atoms with van der Waals surface area (Å²) in [5.74, 6) is 0.866. The molecule has 0 spiro atoms. The molecular formula is C29H38N2O2. The summed E-state index contributed by atoms with van der Waals surface area (Å²) < 4.78 is 5.87. The van der Waals surface area contributed by atoms with Crippen molar-refractivity contribution in [2.75, 3.05) is 6.61 Å². The van der Waals surface area contributed by atoms with Gasteiger partial charge in [-0.2, -0.15) is 0 Å². The molecule has 3 aromatic rings. The number of unbranched alkanes of at least 4 members (excludes halogenated alkanes) is 7. The number of hydrogen-bond acceptors (Lipinski definition) is 4. The minimum Gasteiger partial charge on any atom is -0.494 e. The van der Waals surface area contributed by atoms with Crippen LogP contribution in [0.2, 0.25) is 0 Å². The standard InChI is InChI=1S/C29H38N2O2/c1-3-4-5-6-7-8-9-10-19-33-26-15-13-25(14-16-26)29(32)20-24-12-18-28(31-22-24)27-17-11-23(2)21-30-27/h11-18,21-22,29,32H,3-10,19-20H2,1-2H3. The first-order chi connectivity index (χ1) is 16.2. The Kier molecular flexibility index (Phi) is 10.4. The lowest BCUT2D eigenvalue weighted by atomic mass is 10.0. The molecule has 1 atom stereocenters. The molecule has 2 heterocycles. The van der Waals surface area contributed by atoms with Crippen LogP contribution in [0.3, 0.4) is 0 Å². The maximum Gasteiger partial charge on any atom is 0.119 e. The zero-order chi connectivity index (χ0) is 23.3. The minimum atomic E-state index is -0.572. The molecule has 0 bridgehead atoms. The molecule has 176 valence electrons. The number of aromatic nitrogens is 2. The van der Waals surface area contributed by atoms with E-state index in [0.29, 0.717) is 6.42 Å². The van der Waals surface area contributed by atoms with E-state index in [1.54, 1.807) is 0 Å². The van der Waals surface area contributed by atoms with Crippen molar-refractivity contribution in [3.63, 3.8) is 0 Å². The third kappa shape index (κ3) is 8.62. The van der Waals surface area contributed by atoms with Crippen molar-refractivity contribution in [1.29, 1.82) is 0 Å². The highest BCUT2D eigenvalue weighted by molar-refractivity contribution is 5.54. The summed E-state index contributed by atoms with van der Waals surface area (Å²) in [6.07, 6.45) is 14.0. The van der Waals surface area contributed by atoms with E-state index in [9.17, 15) is 5.11 Å². The van der Waals surface area contributed by atoms with Gasteiger partial charge in [-0.15, -0.1) is 0 Å². The minimum absolute atomic E-state index is 0.521. The molecule has 0 saturated carbocycles. The number of hydrogen-bond donors (Lipinski definition) is 1. The van der Waals surface area contributed by atoms with Gasteiger partial charge >= 0.3 is 0 Å². The van der Waals surface area contributed by atoms with Gasteiger partial charge in [-0.25, -0.2) is 0 Å². The first kappa shape index (κ1) is 24.9. The fourth-order valence-electron chi connectivity index (χ4n) is 3.87. The molecule has 0 amide bonds. The Bertz CT molecular complexity index is 921. The number of pyridine rings is 2. The maximum absolute atomic E-state index is 10.7. The van der Waals surface area contributed by atoms with Gasteiger partial charge in [0.1, 0.15) is 5.75 Å². The molecule has 0 aliphatic carbocycles. The maximum atomic E-state index is 10.7. The molecule has 0 saturated heterocycles. The van der Waals surface area contributed by atoms with Gasteiger partial charge in [0.05, 0.1) is 24.1 Å². The van der Waals surface area contributed by atoms with Crippen LogP contribution in [0.4, 0.5) is 0 Å². The predicted octanol–water partition coefficient (Wildman–Crippen LogP) is 7.25. The highest BCUT2D eigenvalue weighted by Crippen LogP contribution is 2.22. The monoisotopic (exact) mass is 446 g/mol. The van der Waals surface area contributed by atoms with Crippen LogP contribution in [0.1, 0.15) is 81.1 Å². The molecule has 0 aliphatic rings. The summed E-state index contributed by atoms with van der Waals surface area (Å²) in [5, 5.41) is 10.7. The largest absolute Gasteiger partial charge is 0.494 e. The van der Waals surface area contributed by atoms with E-state index in [0.717, 1.165) is 46.9 Å². The summed E-state index contributed by atoms with van der Waals surface area (Å²) in [7, 11) is 0. The first-order valence-corrected chi connectivity index (χ1v) is 12.4. The number of nitrogens with zero attached hydrogens (tertiary/aromatic N) is 2. The third-order valence-corrected chi connectivity index (χ3v) is 5.96. The van der Waals surface area contributed by atoms with Crippen LogP contribution in [0.25, 0.3) is 11.4 Å². The number of aliphatic hydroxyl groups is 1. The van der Waals surface area contributed by atoms with Crippen LogP contribution in [0.5, 0.6) is 5.75 Å². The smallest absolute Gasteiger partial charge is 0.119 e. The van der Waals surface area contributed by atoms with Gasteiger partial charge in [-0.1, -0.05) is 76.1 Å². The van der Waals surface area contributed by atoms with E-state index in [-0.39, 0.29) is 0 Å². The lowest BCUT2D eigenvalue weighted by molar-refractivity contribution is 0.178. The number of benzene rings is 1. The van der Waals surface area contributed by atoms with Gasteiger partial charge in [0.2, 0.25) is 0 Å². The Hall–Kier alpha value is -2.72. The lowest BCUT2D eigenvalue weighted by Gasteiger charge is -2.13. The van der Waals surface area contributed by atoms with Crippen molar-refractivity contribution in [3.8, 4) is 17.1 Å². The molecule has 0 aliphatic heterocycles. The van der Waals surface area contributed by atoms with E-state index in [2.05, 4.69) is 16.9 Å². The summed E-state index contributed by atoms with van der Waals surface area (Å²) in [4.78, 5) is 8.94. The second-order valence-corrected chi connectivity index (χ2v) is 8.88. The Balaban J connectivity index is 1.39. The number of aliphatic hydroxyl groups excluding tert-OH is 1. The molecule has 33 heavy (non-hydrogen) atoms.